The summed E-state index contributed by atoms with van der Waals surface area (Å²) in [5.74, 6) is -1.04. The smallest absolute Gasteiger partial charge is 0.422 e. The second kappa shape index (κ2) is 4.90. The van der Waals surface area contributed by atoms with Gasteiger partial charge >= 0.3 is 12.1 Å². The quantitative estimate of drug-likeness (QED) is 0.467. The number of alkyl halides is 3. The molecule has 1 aromatic carbocycles. The van der Waals surface area contributed by atoms with Crippen LogP contribution in [0.3, 0.4) is 0 Å². The zero-order valence-corrected chi connectivity index (χ0v) is 8.88. The fourth-order valence-electron chi connectivity index (χ4n) is 0.928. The lowest BCUT2D eigenvalue weighted by molar-refractivity contribution is -0.142. The molecule has 0 saturated heterocycles. The van der Waals surface area contributed by atoms with Gasteiger partial charge in [0.15, 0.2) is 0 Å². The van der Waals surface area contributed by atoms with E-state index in [1.165, 1.54) is 31.4 Å². The highest BCUT2D eigenvalue weighted by Gasteiger charge is 2.38. The molecule has 3 nitrogen and oxygen atoms in total. The van der Waals surface area contributed by atoms with Crippen LogP contribution in [0.4, 0.5) is 13.2 Å². The van der Waals surface area contributed by atoms with Crippen LogP contribution in [0.5, 0.6) is 11.5 Å². The van der Waals surface area contributed by atoms with Crippen molar-refractivity contribution in [1.29, 1.82) is 0 Å². The summed E-state index contributed by atoms with van der Waals surface area (Å²) in [5.41, 5.74) is -1.55. The Bertz CT molecular complexity index is 421. The number of halogens is 3. The van der Waals surface area contributed by atoms with E-state index in [1.807, 2.05) is 0 Å². The lowest BCUT2D eigenvalue weighted by Crippen LogP contribution is -2.23. The first-order valence-corrected chi connectivity index (χ1v) is 4.47. The van der Waals surface area contributed by atoms with E-state index < -0.39 is 17.7 Å². The highest BCUT2D eigenvalue weighted by atomic mass is 19.4. The van der Waals surface area contributed by atoms with Crippen LogP contribution in [0.1, 0.15) is 0 Å². The molecule has 0 N–H and O–H groups in total. The summed E-state index contributed by atoms with van der Waals surface area (Å²) in [4.78, 5) is 11.0. The summed E-state index contributed by atoms with van der Waals surface area (Å²) in [5, 5.41) is 0. The zero-order valence-electron chi connectivity index (χ0n) is 8.88. The number of carbonyl (C=O) groups excluding carboxylic acids is 1. The molecule has 0 unspecified atom stereocenters. The van der Waals surface area contributed by atoms with Crippen molar-refractivity contribution in [2.24, 2.45) is 0 Å². The average Bonchev–Trinajstić information content (AvgIpc) is 2.27. The van der Waals surface area contributed by atoms with Gasteiger partial charge in [0, 0.05) is 0 Å². The van der Waals surface area contributed by atoms with Gasteiger partial charge in [0.1, 0.15) is 17.1 Å². The molecule has 0 fully saturated rings. The topological polar surface area (TPSA) is 35.5 Å². The number of carbonyl (C=O) groups is 1. The van der Waals surface area contributed by atoms with Gasteiger partial charge in [-0.1, -0.05) is 6.58 Å². The van der Waals surface area contributed by atoms with E-state index in [9.17, 15) is 18.0 Å². The Balaban J connectivity index is 2.71. The predicted molar refractivity (Wildman–Crippen MR) is 53.8 cm³/mol. The Morgan fingerprint density at radius 1 is 1.18 bits per heavy atom. The molecule has 0 aliphatic heterocycles. The molecular weight excluding hydrogens is 237 g/mol. The molecule has 0 atom stereocenters. The van der Waals surface area contributed by atoms with Crippen LogP contribution in [-0.2, 0) is 4.79 Å². The van der Waals surface area contributed by atoms with Crippen LogP contribution in [0.2, 0.25) is 0 Å². The molecule has 0 aliphatic rings. The van der Waals surface area contributed by atoms with Gasteiger partial charge < -0.3 is 9.47 Å². The summed E-state index contributed by atoms with van der Waals surface area (Å²) >= 11 is 0. The van der Waals surface area contributed by atoms with Crippen molar-refractivity contribution in [2.45, 2.75) is 6.18 Å². The normalized spacial score (nSPS) is 10.8. The Morgan fingerprint density at radius 2 is 1.65 bits per heavy atom. The molecule has 0 heterocycles. The minimum atomic E-state index is -4.79. The summed E-state index contributed by atoms with van der Waals surface area (Å²) in [6, 6.07) is 5.55. The maximum Gasteiger partial charge on any atom is 0.422 e. The van der Waals surface area contributed by atoms with Crippen LogP contribution in [0.15, 0.2) is 36.4 Å². The highest BCUT2D eigenvalue weighted by Crippen LogP contribution is 2.26. The first kappa shape index (κ1) is 13.1. The lowest BCUT2D eigenvalue weighted by atomic mass is 10.3. The molecule has 0 bridgehead atoms. The molecular formula is C11H9F3O3. The van der Waals surface area contributed by atoms with Gasteiger partial charge in [-0.2, -0.15) is 13.2 Å². The first-order valence-electron chi connectivity index (χ1n) is 4.47. The largest absolute Gasteiger partial charge is 0.497 e. The van der Waals surface area contributed by atoms with Crippen molar-refractivity contribution in [1.82, 2.24) is 0 Å². The molecule has 0 spiro atoms. The van der Waals surface area contributed by atoms with E-state index in [0.29, 0.717) is 5.75 Å². The van der Waals surface area contributed by atoms with E-state index >= 15 is 0 Å². The van der Waals surface area contributed by atoms with Gasteiger partial charge in [0.05, 0.1) is 7.11 Å². The molecule has 6 heteroatoms. The van der Waals surface area contributed by atoms with Gasteiger partial charge in [0.2, 0.25) is 0 Å². The molecule has 0 aliphatic carbocycles. The number of ether oxygens (including phenoxy) is 2. The Kier molecular flexibility index (Phi) is 3.77. The Hall–Kier alpha value is -1.98. The zero-order chi connectivity index (χ0) is 13.1. The minimum Gasteiger partial charge on any atom is -0.497 e. The Morgan fingerprint density at radius 3 is 2.06 bits per heavy atom. The summed E-state index contributed by atoms with van der Waals surface area (Å²) < 4.78 is 45.6. The van der Waals surface area contributed by atoms with Crippen molar-refractivity contribution in [2.75, 3.05) is 7.11 Å². The van der Waals surface area contributed by atoms with Gasteiger partial charge in [-0.15, -0.1) is 0 Å². The molecule has 17 heavy (non-hydrogen) atoms. The number of rotatable bonds is 3. The number of benzene rings is 1. The summed E-state index contributed by atoms with van der Waals surface area (Å²) in [7, 11) is 1.44. The lowest BCUT2D eigenvalue weighted by Gasteiger charge is -2.09. The third-order valence-corrected chi connectivity index (χ3v) is 1.86. The fourth-order valence-corrected chi connectivity index (χ4v) is 0.928. The maximum absolute atomic E-state index is 12.1. The molecule has 0 aromatic heterocycles. The van der Waals surface area contributed by atoms with Gasteiger partial charge in [-0.05, 0) is 24.3 Å². The van der Waals surface area contributed by atoms with Crippen molar-refractivity contribution in [3.8, 4) is 11.5 Å². The molecule has 0 radical (unpaired) electrons. The van der Waals surface area contributed by atoms with Crippen LogP contribution >= 0.6 is 0 Å². The average molecular weight is 246 g/mol. The number of hydrogen-bond donors (Lipinski definition) is 0. The SMILES string of the molecule is C=C(C(=O)Oc1ccc(OC)cc1)C(F)(F)F. The van der Waals surface area contributed by atoms with Crippen LogP contribution in [0.25, 0.3) is 0 Å². The van der Waals surface area contributed by atoms with E-state index in [4.69, 9.17) is 4.74 Å². The van der Waals surface area contributed by atoms with Crippen molar-refractivity contribution in [3.63, 3.8) is 0 Å². The maximum atomic E-state index is 12.1. The molecule has 1 rings (SSSR count). The third-order valence-electron chi connectivity index (χ3n) is 1.86. The van der Waals surface area contributed by atoms with E-state index in [0.717, 1.165) is 0 Å². The first-order chi connectivity index (χ1) is 7.84. The Labute approximate surface area is 95.5 Å². The van der Waals surface area contributed by atoms with E-state index in [2.05, 4.69) is 11.3 Å². The van der Waals surface area contributed by atoms with Crippen LogP contribution in [0, 0.1) is 0 Å². The van der Waals surface area contributed by atoms with Gasteiger partial charge in [-0.25, -0.2) is 4.79 Å². The molecule has 0 amide bonds. The van der Waals surface area contributed by atoms with Crippen molar-refractivity contribution >= 4 is 5.97 Å². The van der Waals surface area contributed by atoms with Crippen molar-refractivity contribution < 1.29 is 27.4 Å². The molecule has 1 aromatic rings. The third kappa shape index (κ3) is 3.51. The van der Waals surface area contributed by atoms with Gasteiger partial charge in [0.25, 0.3) is 0 Å². The second-order valence-corrected chi connectivity index (χ2v) is 3.04. The standard InChI is InChI=1S/C11H9F3O3/c1-7(11(12,13)14)10(15)17-9-5-3-8(16-2)4-6-9/h3-6H,1H2,2H3. The second-order valence-electron chi connectivity index (χ2n) is 3.04. The highest BCUT2D eigenvalue weighted by molar-refractivity contribution is 5.90. The predicted octanol–water partition coefficient (Wildman–Crippen LogP) is 2.72. The summed E-state index contributed by atoms with van der Waals surface area (Å²) in [6.07, 6.45) is -4.79. The van der Waals surface area contributed by atoms with E-state index in [-0.39, 0.29) is 5.75 Å². The summed E-state index contributed by atoms with van der Waals surface area (Å²) in [6.45, 7) is 2.63. The van der Waals surface area contributed by atoms with Crippen LogP contribution < -0.4 is 9.47 Å². The minimum absolute atomic E-state index is 0.0128. The van der Waals surface area contributed by atoms with E-state index in [1.54, 1.807) is 0 Å². The number of methoxy groups -OCH3 is 1. The van der Waals surface area contributed by atoms with Gasteiger partial charge in [-0.3, -0.25) is 0 Å². The van der Waals surface area contributed by atoms with Crippen molar-refractivity contribution in [3.05, 3.63) is 36.4 Å². The van der Waals surface area contributed by atoms with Crippen LogP contribution in [-0.4, -0.2) is 19.3 Å². The fraction of sp³-hybridized carbons (Fsp3) is 0.182. The number of hydrogen-bond acceptors (Lipinski definition) is 3. The molecule has 92 valence electrons. The number of esters is 1. The monoisotopic (exact) mass is 246 g/mol. The molecule has 0 saturated carbocycles.